The Balaban J connectivity index is 0.00000144. The van der Waals surface area contributed by atoms with E-state index in [9.17, 15) is 4.79 Å². The van der Waals surface area contributed by atoms with Crippen molar-refractivity contribution in [1.29, 1.82) is 0 Å². The first-order valence-electron chi connectivity index (χ1n) is 3.38. The third kappa shape index (κ3) is 5.02. The molecule has 2 N–H and O–H groups in total. The molecule has 0 fully saturated rings. The fourth-order valence-corrected chi connectivity index (χ4v) is 0.753. The first-order chi connectivity index (χ1) is 5.68. The van der Waals surface area contributed by atoms with E-state index in [0.29, 0.717) is 0 Å². The van der Waals surface area contributed by atoms with E-state index in [1.807, 2.05) is 0 Å². The predicted molar refractivity (Wildman–Crippen MR) is 44.8 cm³/mol. The summed E-state index contributed by atoms with van der Waals surface area (Å²) in [6, 6.07) is 6.27. The molecule has 0 bridgehead atoms. The van der Waals surface area contributed by atoms with Crippen LogP contribution in [0.2, 0.25) is 0 Å². The minimum atomic E-state index is -0.983. The standard InChI is InChI=1S/C9H8O3.Ce/c10-8-4-1-7(2-5-8)3-6-9(11)12;/h1-6,10H,(H,11,12);/b6-3+;. The zero-order valence-electron chi connectivity index (χ0n) is 6.77. The summed E-state index contributed by atoms with van der Waals surface area (Å²) >= 11 is 0. The molecule has 3 nitrogen and oxygen atoms in total. The Morgan fingerprint density at radius 2 is 1.77 bits per heavy atom. The Labute approximate surface area is 109 Å². The van der Waals surface area contributed by atoms with Gasteiger partial charge in [-0.3, -0.25) is 0 Å². The van der Waals surface area contributed by atoms with Crippen molar-refractivity contribution < 1.29 is 56.8 Å². The van der Waals surface area contributed by atoms with Crippen LogP contribution in [0.5, 0.6) is 5.75 Å². The fraction of sp³-hybridized carbons (Fsp3) is 0. The van der Waals surface area contributed by atoms with E-state index in [2.05, 4.69) is 0 Å². The predicted octanol–water partition coefficient (Wildman–Crippen LogP) is 1.49. The fourth-order valence-electron chi connectivity index (χ4n) is 0.753. The molecule has 4 heteroatoms. The quantitative estimate of drug-likeness (QED) is 0.814. The van der Waals surface area contributed by atoms with Crippen LogP contribution in [0, 0.1) is 41.7 Å². The third-order valence-corrected chi connectivity index (χ3v) is 1.31. The second-order valence-corrected chi connectivity index (χ2v) is 2.26. The number of rotatable bonds is 2. The van der Waals surface area contributed by atoms with Crippen LogP contribution in [0.25, 0.3) is 6.08 Å². The minimum Gasteiger partial charge on any atom is -0.508 e. The molecule has 0 saturated heterocycles. The summed E-state index contributed by atoms with van der Waals surface area (Å²) in [5, 5.41) is 17.2. The topological polar surface area (TPSA) is 57.5 Å². The summed E-state index contributed by atoms with van der Waals surface area (Å²) < 4.78 is 0. The van der Waals surface area contributed by atoms with Gasteiger partial charge in [0.25, 0.3) is 0 Å². The van der Waals surface area contributed by atoms with E-state index >= 15 is 0 Å². The Morgan fingerprint density at radius 1 is 1.23 bits per heavy atom. The molecule has 0 amide bonds. The van der Waals surface area contributed by atoms with Gasteiger partial charge < -0.3 is 10.2 Å². The molecule has 1 rings (SSSR count). The Bertz CT molecular complexity index is 303. The SMILES string of the molecule is O=C(O)/C=C/c1ccc(O)cc1.[Ce]. The van der Waals surface area contributed by atoms with Gasteiger partial charge >= 0.3 is 5.97 Å². The second kappa shape index (κ2) is 6.12. The van der Waals surface area contributed by atoms with Gasteiger partial charge in [0, 0.05) is 47.8 Å². The molecule has 0 unspecified atom stereocenters. The molecule has 0 heterocycles. The van der Waals surface area contributed by atoms with Crippen molar-refractivity contribution in [3.63, 3.8) is 0 Å². The van der Waals surface area contributed by atoms with E-state index in [-0.39, 0.29) is 47.5 Å². The van der Waals surface area contributed by atoms with Crippen LogP contribution in [0.3, 0.4) is 0 Å². The molecular formula is C9H8CeO3. The molecule has 0 saturated carbocycles. The number of carbonyl (C=O) groups is 1. The maximum atomic E-state index is 10.1. The van der Waals surface area contributed by atoms with Crippen molar-refractivity contribution in [2.45, 2.75) is 0 Å². The molecule has 0 aromatic heterocycles. The molecular weight excluding hydrogens is 296 g/mol. The number of carboxylic acids is 1. The third-order valence-electron chi connectivity index (χ3n) is 1.31. The monoisotopic (exact) mass is 304 g/mol. The first-order valence-corrected chi connectivity index (χ1v) is 3.38. The molecule has 0 radical (unpaired) electrons. The summed E-state index contributed by atoms with van der Waals surface area (Å²) in [4.78, 5) is 10.1. The number of phenolic OH excluding ortho intramolecular Hbond substituents is 1. The minimum absolute atomic E-state index is 0. The number of phenols is 1. The maximum absolute atomic E-state index is 10.1. The van der Waals surface area contributed by atoms with Crippen molar-refractivity contribution >= 4 is 12.0 Å². The van der Waals surface area contributed by atoms with E-state index in [0.717, 1.165) is 11.6 Å². The van der Waals surface area contributed by atoms with E-state index in [1.165, 1.54) is 18.2 Å². The molecule has 0 aliphatic carbocycles. The van der Waals surface area contributed by atoms with Crippen LogP contribution in [0.15, 0.2) is 30.3 Å². The normalized spacial score (nSPS) is 9.54. The average molecular weight is 304 g/mol. The molecule has 1 aromatic carbocycles. The number of benzene rings is 1. The van der Waals surface area contributed by atoms with Gasteiger partial charge in [0.15, 0.2) is 0 Å². The van der Waals surface area contributed by atoms with Gasteiger partial charge in [-0.25, -0.2) is 4.79 Å². The van der Waals surface area contributed by atoms with Crippen LogP contribution < -0.4 is 0 Å². The van der Waals surface area contributed by atoms with Gasteiger partial charge in [-0.2, -0.15) is 0 Å². The zero-order valence-corrected chi connectivity index (χ0v) is 9.91. The smallest absolute Gasteiger partial charge is 0.328 e. The van der Waals surface area contributed by atoms with Crippen LogP contribution in [0.1, 0.15) is 5.56 Å². The van der Waals surface area contributed by atoms with E-state index in [1.54, 1.807) is 12.1 Å². The van der Waals surface area contributed by atoms with Crippen LogP contribution >= 0.6 is 0 Å². The van der Waals surface area contributed by atoms with E-state index < -0.39 is 5.97 Å². The first kappa shape index (κ1) is 12.6. The van der Waals surface area contributed by atoms with Gasteiger partial charge in [0.05, 0.1) is 0 Å². The van der Waals surface area contributed by atoms with Crippen molar-refractivity contribution in [3.8, 4) is 5.75 Å². The number of hydrogen-bond acceptors (Lipinski definition) is 2. The molecule has 0 atom stereocenters. The Morgan fingerprint density at radius 3 is 2.23 bits per heavy atom. The van der Waals surface area contributed by atoms with Crippen molar-refractivity contribution in [2.75, 3.05) is 0 Å². The number of hydrogen-bond donors (Lipinski definition) is 2. The number of carboxylic acid groups (broad SMARTS) is 1. The van der Waals surface area contributed by atoms with Gasteiger partial charge in [-0.1, -0.05) is 12.1 Å². The van der Waals surface area contributed by atoms with E-state index in [4.69, 9.17) is 10.2 Å². The van der Waals surface area contributed by atoms with Crippen LogP contribution in [-0.2, 0) is 4.79 Å². The molecule has 0 aliphatic heterocycles. The maximum Gasteiger partial charge on any atom is 0.328 e. The summed E-state index contributed by atoms with van der Waals surface area (Å²) in [5.41, 5.74) is 0.746. The zero-order chi connectivity index (χ0) is 8.97. The number of aliphatic carboxylic acids is 1. The van der Waals surface area contributed by atoms with Crippen LogP contribution in [0.4, 0.5) is 0 Å². The van der Waals surface area contributed by atoms with Gasteiger partial charge in [-0.15, -0.1) is 0 Å². The molecule has 66 valence electrons. The average Bonchev–Trinajstić information content (AvgIpc) is 2.03. The Hall–Kier alpha value is -0.393. The van der Waals surface area contributed by atoms with Crippen molar-refractivity contribution in [2.24, 2.45) is 0 Å². The largest absolute Gasteiger partial charge is 0.508 e. The van der Waals surface area contributed by atoms with Crippen molar-refractivity contribution in [1.82, 2.24) is 0 Å². The number of aromatic hydroxyl groups is 1. The molecule has 0 aliphatic rings. The Kier molecular flexibility index (Phi) is 5.93. The molecule has 1 aromatic rings. The molecule has 0 spiro atoms. The summed E-state index contributed by atoms with van der Waals surface area (Å²) in [7, 11) is 0. The van der Waals surface area contributed by atoms with Gasteiger partial charge in [-0.05, 0) is 23.8 Å². The molecule has 13 heavy (non-hydrogen) atoms. The summed E-state index contributed by atoms with van der Waals surface area (Å²) in [5.74, 6) is -0.814. The van der Waals surface area contributed by atoms with Gasteiger partial charge in [0.2, 0.25) is 0 Å². The summed E-state index contributed by atoms with van der Waals surface area (Å²) in [6.45, 7) is 0. The van der Waals surface area contributed by atoms with Crippen LogP contribution in [-0.4, -0.2) is 16.2 Å². The summed E-state index contributed by atoms with van der Waals surface area (Å²) in [6.07, 6.45) is 2.51. The van der Waals surface area contributed by atoms with Crippen molar-refractivity contribution in [3.05, 3.63) is 35.9 Å². The second-order valence-electron chi connectivity index (χ2n) is 2.26. The van der Waals surface area contributed by atoms with Gasteiger partial charge in [0.1, 0.15) is 5.75 Å².